The maximum atomic E-state index is 13.7. The summed E-state index contributed by atoms with van der Waals surface area (Å²) in [4.78, 5) is 0. The fourth-order valence-corrected chi connectivity index (χ4v) is 2.99. The summed E-state index contributed by atoms with van der Waals surface area (Å²) in [6.45, 7) is -0.442. The van der Waals surface area contributed by atoms with Gasteiger partial charge in [-0.15, -0.1) is 0 Å². The first kappa shape index (κ1) is 17.8. The third-order valence-electron chi connectivity index (χ3n) is 3.26. The minimum Gasteiger partial charge on any atom is -0.207 e. The zero-order chi connectivity index (χ0) is 17.0. The van der Waals surface area contributed by atoms with E-state index in [0.717, 1.165) is 4.31 Å². The van der Waals surface area contributed by atoms with Gasteiger partial charge in [-0.3, -0.25) is 0 Å². The van der Waals surface area contributed by atoms with Crippen LogP contribution in [0.25, 0.3) is 0 Å². The first-order valence-corrected chi connectivity index (χ1v) is 8.50. The van der Waals surface area contributed by atoms with Crippen LogP contribution in [0.1, 0.15) is 11.1 Å². The van der Waals surface area contributed by atoms with Crippen molar-refractivity contribution in [1.82, 2.24) is 9.03 Å². The fraction of sp³-hybridized carbons (Fsp3) is 0.200. The molecule has 1 N–H and O–H groups in total. The molecule has 0 atom stereocenters. The average Bonchev–Trinajstić information content (AvgIpc) is 2.50. The van der Waals surface area contributed by atoms with Gasteiger partial charge in [0.2, 0.25) is 0 Å². The van der Waals surface area contributed by atoms with Crippen LogP contribution in [-0.2, 0) is 23.3 Å². The molecule has 0 saturated heterocycles. The smallest absolute Gasteiger partial charge is 0.207 e. The van der Waals surface area contributed by atoms with Crippen molar-refractivity contribution in [2.75, 3.05) is 7.05 Å². The van der Waals surface area contributed by atoms with E-state index in [4.69, 9.17) is 11.6 Å². The molecule has 0 aliphatic carbocycles. The van der Waals surface area contributed by atoms with Crippen molar-refractivity contribution in [1.29, 1.82) is 0 Å². The van der Waals surface area contributed by atoms with Crippen LogP contribution in [0.5, 0.6) is 0 Å². The number of rotatable bonds is 6. The molecule has 23 heavy (non-hydrogen) atoms. The number of hydrogen-bond acceptors (Lipinski definition) is 2. The summed E-state index contributed by atoms with van der Waals surface area (Å²) in [5.41, 5.74) is 0.293. The summed E-state index contributed by atoms with van der Waals surface area (Å²) < 4.78 is 54.8. The van der Waals surface area contributed by atoms with Gasteiger partial charge >= 0.3 is 0 Å². The molecule has 0 aliphatic heterocycles. The molecule has 0 saturated carbocycles. The Morgan fingerprint density at radius 3 is 2.39 bits per heavy atom. The van der Waals surface area contributed by atoms with Gasteiger partial charge in [-0.05, 0) is 18.2 Å². The highest BCUT2D eigenvalue weighted by molar-refractivity contribution is 7.87. The van der Waals surface area contributed by atoms with Crippen LogP contribution < -0.4 is 4.72 Å². The summed E-state index contributed by atoms with van der Waals surface area (Å²) in [6.07, 6.45) is 0. The molecule has 0 radical (unpaired) electrons. The highest BCUT2D eigenvalue weighted by atomic mass is 35.5. The molecule has 2 rings (SSSR count). The van der Waals surface area contributed by atoms with Crippen LogP contribution in [0.4, 0.5) is 8.78 Å². The maximum absolute atomic E-state index is 13.7. The van der Waals surface area contributed by atoms with Gasteiger partial charge in [0.1, 0.15) is 11.6 Å². The molecule has 4 nitrogen and oxygen atoms in total. The monoisotopic (exact) mass is 360 g/mol. The predicted octanol–water partition coefficient (Wildman–Crippen LogP) is 3.08. The Kier molecular flexibility index (Phi) is 5.69. The van der Waals surface area contributed by atoms with E-state index in [9.17, 15) is 17.2 Å². The molecule has 0 fully saturated rings. The normalized spacial score (nSPS) is 11.9. The molecule has 0 heterocycles. The van der Waals surface area contributed by atoms with E-state index in [2.05, 4.69) is 4.72 Å². The minimum absolute atomic E-state index is 0.0768. The Balaban J connectivity index is 2.09. The fourth-order valence-electron chi connectivity index (χ4n) is 1.91. The Bertz CT molecular complexity index is 780. The van der Waals surface area contributed by atoms with Crippen LogP contribution in [0.3, 0.4) is 0 Å². The molecular formula is C15H15ClF2N2O2S. The second-order valence-corrected chi connectivity index (χ2v) is 7.14. The van der Waals surface area contributed by atoms with Gasteiger partial charge in [0.25, 0.3) is 10.2 Å². The van der Waals surface area contributed by atoms with E-state index in [-0.39, 0.29) is 29.2 Å². The first-order chi connectivity index (χ1) is 10.8. The molecule has 0 unspecified atom stereocenters. The van der Waals surface area contributed by atoms with Gasteiger partial charge in [0, 0.05) is 36.3 Å². The van der Waals surface area contributed by atoms with Crippen molar-refractivity contribution < 1.29 is 17.2 Å². The van der Waals surface area contributed by atoms with Crippen molar-refractivity contribution in [3.05, 3.63) is 70.2 Å². The summed E-state index contributed by atoms with van der Waals surface area (Å²) >= 11 is 5.89. The highest BCUT2D eigenvalue weighted by Gasteiger charge is 2.20. The summed E-state index contributed by atoms with van der Waals surface area (Å²) in [7, 11) is -2.63. The van der Waals surface area contributed by atoms with E-state index in [1.807, 2.05) is 0 Å². The van der Waals surface area contributed by atoms with E-state index in [1.165, 1.54) is 43.4 Å². The largest absolute Gasteiger partial charge is 0.279 e. The van der Waals surface area contributed by atoms with Crippen LogP contribution in [0, 0.1) is 11.6 Å². The summed E-state index contributed by atoms with van der Waals surface area (Å²) in [5, 5.41) is 0.140. The van der Waals surface area contributed by atoms with Crippen LogP contribution in [0.15, 0.2) is 42.5 Å². The van der Waals surface area contributed by atoms with E-state index in [0.29, 0.717) is 0 Å². The van der Waals surface area contributed by atoms with Gasteiger partial charge in [-0.25, -0.2) is 8.78 Å². The number of benzene rings is 2. The van der Waals surface area contributed by atoms with Gasteiger partial charge in [-0.1, -0.05) is 35.9 Å². The van der Waals surface area contributed by atoms with Gasteiger partial charge in [-0.2, -0.15) is 17.4 Å². The zero-order valence-electron chi connectivity index (χ0n) is 12.3. The van der Waals surface area contributed by atoms with Crippen molar-refractivity contribution >= 4 is 21.8 Å². The summed E-state index contributed by atoms with van der Waals surface area (Å²) in [5.74, 6) is -1.09. The van der Waals surface area contributed by atoms with Crippen molar-refractivity contribution in [2.45, 2.75) is 13.1 Å². The van der Waals surface area contributed by atoms with Crippen molar-refractivity contribution in [3.63, 3.8) is 0 Å². The Labute approximate surface area is 138 Å². The van der Waals surface area contributed by atoms with E-state index in [1.54, 1.807) is 6.07 Å². The number of halogens is 3. The molecule has 8 heteroatoms. The Morgan fingerprint density at radius 2 is 1.74 bits per heavy atom. The molecule has 0 spiro atoms. The highest BCUT2D eigenvalue weighted by Crippen LogP contribution is 2.21. The number of nitrogens with zero attached hydrogens (tertiary/aromatic N) is 1. The SMILES string of the molecule is CN(Cc1c(F)cccc1Cl)S(=O)(=O)NCc1ccccc1F. The lowest BCUT2D eigenvalue weighted by Gasteiger charge is -2.19. The topological polar surface area (TPSA) is 49.4 Å². The lowest BCUT2D eigenvalue weighted by molar-refractivity contribution is 0.445. The molecule has 2 aromatic rings. The second kappa shape index (κ2) is 7.35. The number of hydrogen-bond donors (Lipinski definition) is 1. The molecule has 0 amide bonds. The number of nitrogens with one attached hydrogen (secondary N) is 1. The van der Waals surface area contributed by atoms with E-state index >= 15 is 0 Å². The third-order valence-corrected chi connectivity index (χ3v) is 5.07. The standard InChI is InChI=1S/C15H15ClF2N2O2S/c1-20(10-12-13(16)6-4-8-15(12)18)23(21,22)19-9-11-5-2-3-7-14(11)17/h2-8,19H,9-10H2,1H3. The van der Waals surface area contributed by atoms with Crippen molar-refractivity contribution in [2.24, 2.45) is 0 Å². The molecular weight excluding hydrogens is 346 g/mol. The summed E-state index contributed by atoms with van der Waals surface area (Å²) in [6, 6.07) is 9.96. The Morgan fingerprint density at radius 1 is 1.09 bits per heavy atom. The van der Waals surface area contributed by atoms with Gasteiger partial charge in [0.15, 0.2) is 0 Å². The second-order valence-electron chi connectivity index (χ2n) is 4.87. The van der Waals surface area contributed by atoms with Crippen LogP contribution in [0.2, 0.25) is 5.02 Å². The lowest BCUT2D eigenvalue weighted by atomic mass is 10.2. The van der Waals surface area contributed by atoms with Crippen LogP contribution in [-0.4, -0.2) is 19.8 Å². The quantitative estimate of drug-likeness (QED) is 0.860. The Hall–Kier alpha value is -1.54. The minimum atomic E-state index is -3.92. The lowest BCUT2D eigenvalue weighted by Crippen LogP contribution is -2.37. The van der Waals surface area contributed by atoms with Crippen molar-refractivity contribution in [3.8, 4) is 0 Å². The molecule has 0 aliphatic rings. The zero-order valence-corrected chi connectivity index (χ0v) is 13.8. The maximum Gasteiger partial charge on any atom is 0.279 e. The predicted molar refractivity (Wildman–Crippen MR) is 85.0 cm³/mol. The van der Waals surface area contributed by atoms with Gasteiger partial charge < -0.3 is 0 Å². The molecule has 0 bridgehead atoms. The van der Waals surface area contributed by atoms with Crippen LogP contribution >= 0.6 is 11.6 Å². The van der Waals surface area contributed by atoms with Gasteiger partial charge in [0.05, 0.1) is 0 Å². The molecule has 2 aromatic carbocycles. The van der Waals surface area contributed by atoms with E-state index < -0.39 is 21.8 Å². The molecule has 124 valence electrons. The first-order valence-electron chi connectivity index (χ1n) is 6.68. The molecule has 0 aromatic heterocycles. The average molecular weight is 361 g/mol. The third kappa shape index (κ3) is 4.48.